The second-order valence-electron chi connectivity index (χ2n) is 7.88. The number of hydrogen-bond acceptors (Lipinski definition) is 5. The van der Waals surface area contributed by atoms with Crippen LogP contribution in [-0.2, 0) is 9.52 Å². The Kier molecular flexibility index (Phi) is 7.59. The number of nitrogens with two attached hydrogens (primary N) is 1. The van der Waals surface area contributed by atoms with Crippen molar-refractivity contribution in [3.8, 4) is 5.75 Å². The van der Waals surface area contributed by atoms with Gasteiger partial charge in [0.1, 0.15) is 16.9 Å². The number of fused-ring (bicyclic) bond motifs is 1. The first-order valence-electron chi connectivity index (χ1n) is 11.0. The summed E-state index contributed by atoms with van der Waals surface area (Å²) in [7, 11) is -0.975. The number of piperidine rings is 1. The average molecular weight is 452 g/mol. The molecule has 0 amide bonds. The highest BCUT2D eigenvalue weighted by atomic mass is 32.2. The summed E-state index contributed by atoms with van der Waals surface area (Å²) in [6.45, 7) is 5.94. The van der Waals surface area contributed by atoms with E-state index in [0.29, 0.717) is 21.9 Å². The molecule has 3 N–H and O–H groups in total. The standard InChI is InChI=1S/C24H27N3O2S.C2H6/c1-27-14-6-9-19(16-27)29-18-12-13-22(25)21(15-18)24(26)30(2,28)23-11-5-8-17-7-3-4-10-20(17)23;1-2/h3-5,7-8,10-13,15,19,26H,2,6,9,14,16,25H2,1H3;1-2H3. The minimum atomic E-state index is -3.06. The lowest BCUT2D eigenvalue weighted by Crippen LogP contribution is -2.38. The van der Waals surface area contributed by atoms with Gasteiger partial charge < -0.3 is 15.4 Å². The van der Waals surface area contributed by atoms with Crippen molar-refractivity contribution < 1.29 is 8.95 Å². The van der Waals surface area contributed by atoms with Gasteiger partial charge in [-0.2, -0.15) is 0 Å². The Morgan fingerprint density at radius 2 is 1.88 bits per heavy atom. The van der Waals surface area contributed by atoms with Crippen LogP contribution in [0, 0.1) is 5.41 Å². The Morgan fingerprint density at radius 1 is 1.16 bits per heavy atom. The summed E-state index contributed by atoms with van der Waals surface area (Å²) in [5.41, 5.74) is 6.98. The summed E-state index contributed by atoms with van der Waals surface area (Å²) in [6, 6.07) is 18.5. The van der Waals surface area contributed by atoms with Crippen LogP contribution >= 0.6 is 0 Å². The van der Waals surface area contributed by atoms with Crippen LogP contribution in [0.1, 0.15) is 32.3 Å². The van der Waals surface area contributed by atoms with Crippen molar-refractivity contribution in [1.82, 2.24) is 4.90 Å². The molecule has 2 atom stereocenters. The number of likely N-dealkylation sites (tertiary alicyclic amines) is 1. The van der Waals surface area contributed by atoms with Gasteiger partial charge in [-0.05, 0) is 67.3 Å². The van der Waals surface area contributed by atoms with Crippen LogP contribution in [0.5, 0.6) is 5.75 Å². The topological polar surface area (TPSA) is 79.4 Å². The Bertz CT molecular complexity index is 1200. The monoisotopic (exact) mass is 451 g/mol. The van der Waals surface area contributed by atoms with E-state index in [1.165, 1.54) is 0 Å². The zero-order valence-corrected chi connectivity index (χ0v) is 20.0. The maximum Gasteiger partial charge on any atom is 0.124 e. The van der Waals surface area contributed by atoms with Gasteiger partial charge in [-0.1, -0.05) is 50.2 Å². The van der Waals surface area contributed by atoms with E-state index in [1.54, 1.807) is 18.2 Å². The molecule has 0 saturated carbocycles. The van der Waals surface area contributed by atoms with Crippen molar-refractivity contribution in [1.29, 1.82) is 5.41 Å². The second-order valence-corrected chi connectivity index (χ2v) is 10.1. The number of benzene rings is 3. The number of likely N-dealkylation sites (N-methyl/N-ethyl adjacent to an activating group) is 1. The first-order chi connectivity index (χ1) is 15.4. The Balaban J connectivity index is 0.00000141. The molecule has 4 rings (SSSR count). The number of ether oxygens (including phenoxy) is 1. The van der Waals surface area contributed by atoms with E-state index in [2.05, 4.69) is 17.8 Å². The van der Waals surface area contributed by atoms with E-state index in [0.717, 1.165) is 36.7 Å². The van der Waals surface area contributed by atoms with Gasteiger partial charge in [-0.15, -0.1) is 0 Å². The summed E-state index contributed by atoms with van der Waals surface area (Å²) >= 11 is 0. The van der Waals surface area contributed by atoms with E-state index in [-0.39, 0.29) is 11.1 Å². The van der Waals surface area contributed by atoms with Gasteiger partial charge in [0.25, 0.3) is 0 Å². The van der Waals surface area contributed by atoms with Gasteiger partial charge >= 0.3 is 0 Å². The molecule has 0 spiro atoms. The van der Waals surface area contributed by atoms with Gasteiger partial charge in [-0.25, -0.2) is 0 Å². The van der Waals surface area contributed by atoms with Gasteiger partial charge in [-0.3, -0.25) is 9.62 Å². The van der Waals surface area contributed by atoms with Gasteiger partial charge in [0, 0.05) is 32.2 Å². The van der Waals surface area contributed by atoms with Gasteiger partial charge in [0.05, 0.1) is 0 Å². The molecule has 0 bridgehead atoms. The van der Waals surface area contributed by atoms with Gasteiger partial charge in [0.2, 0.25) is 0 Å². The molecule has 1 saturated heterocycles. The molecule has 2 unspecified atom stereocenters. The number of nitrogen functional groups attached to an aromatic ring is 1. The van der Waals surface area contributed by atoms with Crippen molar-refractivity contribution in [2.75, 3.05) is 25.9 Å². The first kappa shape index (κ1) is 23.8. The third-order valence-corrected chi connectivity index (χ3v) is 7.53. The van der Waals surface area contributed by atoms with E-state index in [1.807, 2.05) is 56.3 Å². The van der Waals surface area contributed by atoms with Crippen LogP contribution in [0.4, 0.5) is 5.69 Å². The van der Waals surface area contributed by atoms with E-state index in [4.69, 9.17) is 15.9 Å². The fraction of sp³-hybridized carbons (Fsp3) is 0.308. The third-order valence-electron chi connectivity index (χ3n) is 5.59. The largest absolute Gasteiger partial charge is 0.489 e. The van der Waals surface area contributed by atoms with Crippen molar-refractivity contribution in [3.63, 3.8) is 0 Å². The lowest BCUT2D eigenvalue weighted by Gasteiger charge is -2.30. The average Bonchev–Trinajstić information content (AvgIpc) is 2.81. The molecule has 0 aliphatic carbocycles. The van der Waals surface area contributed by atoms with Crippen molar-refractivity contribution >= 4 is 36.9 Å². The lowest BCUT2D eigenvalue weighted by molar-refractivity contribution is 0.104. The number of anilines is 1. The van der Waals surface area contributed by atoms with Crippen molar-refractivity contribution in [2.24, 2.45) is 0 Å². The Morgan fingerprint density at radius 3 is 2.62 bits per heavy atom. The number of nitrogens with zero attached hydrogens (tertiary/aromatic N) is 1. The van der Waals surface area contributed by atoms with E-state index < -0.39 is 9.52 Å². The third kappa shape index (κ3) is 4.97. The summed E-state index contributed by atoms with van der Waals surface area (Å²) < 4.78 is 19.9. The lowest BCUT2D eigenvalue weighted by atomic mass is 10.1. The van der Waals surface area contributed by atoms with Crippen LogP contribution < -0.4 is 10.5 Å². The molecule has 1 aliphatic heterocycles. The predicted molar refractivity (Wildman–Crippen MR) is 138 cm³/mol. The predicted octanol–water partition coefficient (Wildman–Crippen LogP) is 5.02. The maximum atomic E-state index is 13.8. The first-order valence-corrected chi connectivity index (χ1v) is 12.8. The van der Waals surface area contributed by atoms with Crippen LogP contribution in [-0.4, -0.2) is 46.3 Å². The van der Waals surface area contributed by atoms with Crippen molar-refractivity contribution in [2.45, 2.75) is 37.7 Å². The summed E-state index contributed by atoms with van der Waals surface area (Å²) in [5, 5.41) is 10.5. The molecule has 1 fully saturated rings. The Labute approximate surface area is 191 Å². The molecular weight excluding hydrogens is 418 g/mol. The van der Waals surface area contributed by atoms with Crippen LogP contribution in [0.25, 0.3) is 10.8 Å². The van der Waals surface area contributed by atoms with Crippen LogP contribution in [0.15, 0.2) is 65.6 Å². The SMILES string of the molecule is C=S(=O)(C(=N)c1cc(OC2CCCN(C)C2)ccc1N)c1cccc2ccccc12.CC. The Hall–Kier alpha value is -2.83. The number of rotatable bonds is 4. The summed E-state index contributed by atoms with van der Waals surface area (Å²) in [6.07, 6.45) is 2.17. The molecule has 6 heteroatoms. The van der Waals surface area contributed by atoms with Gasteiger partial charge in [0.15, 0.2) is 0 Å². The minimum Gasteiger partial charge on any atom is -0.489 e. The quantitative estimate of drug-likeness (QED) is 0.253. The smallest absolute Gasteiger partial charge is 0.124 e. The van der Waals surface area contributed by atoms with E-state index >= 15 is 0 Å². The number of hydrogen-bond donors (Lipinski definition) is 2. The maximum absolute atomic E-state index is 13.8. The minimum absolute atomic E-state index is 0.0810. The number of nitrogens with one attached hydrogen (secondary N) is 1. The molecular formula is C26H33N3O2S. The molecule has 170 valence electrons. The summed E-state index contributed by atoms with van der Waals surface area (Å²) in [5.74, 6) is 4.60. The van der Waals surface area contributed by atoms with E-state index in [9.17, 15) is 4.21 Å². The fourth-order valence-electron chi connectivity index (χ4n) is 3.98. The van der Waals surface area contributed by atoms with Crippen LogP contribution in [0.3, 0.4) is 0 Å². The highest BCUT2D eigenvalue weighted by Gasteiger charge is 2.23. The van der Waals surface area contributed by atoms with Crippen LogP contribution in [0.2, 0.25) is 0 Å². The molecule has 3 aromatic rings. The fourth-order valence-corrected chi connectivity index (χ4v) is 5.58. The molecule has 32 heavy (non-hydrogen) atoms. The summed E-state index contributed by atoms with van der Waals surface area (Å²) in [4.78, 5) is 2.79. The molecule has 0 aromatic heterocycles. The molecule has 1 heterocycles. The highest BCUT2D eigenvalue weighted by Crippen LogP contribution is 2.29. The highest BCUT2D eigenvalue weighted by molar-refractivity contribution is 8.14. The molecule has 3 aromatic carbocycles. The molecule has 1 aliphatic rings. The molecule has 5 nitrogen and oxygen atoms in total. The second kappa shape index (κ2) is 10.2. The normalized spacial score (nSPS) is 18.3. The molecule has 0 radical (unpaired) electrons. The van der Waals surface area contributed by atoms with Crippen molar-refractivity contribution in [3.05, 3.63) is 66.2 Å². The zero-order chi connectivity index (χ0) is 23.3. The zero-order valence-electron chi connectivity index (χ0n) is 19.1.